The molecule has 2 atom stereocenters. The standard InChI is InChI=1S/C17H26N2O2/c20-17-4-2-1-3-16(17)18-13-14-5-7-15(8-6-14)19-9-11-21-12-10-19/h5-8,16-18,20H,1-4,9-13H2/t16-,17+/m0/s1. The number of aliphatic hydroxyl groups excluding tert-OH is 1. The van der Waals surface area contributed by atoms with Crippen LogP contribution >= 0.6 is 0 Å². The normalized spacial score (nSPS) is 26.8. The zero-order chi connectivity index (χ0) is 14.5. The van der Waals surface area contributed by atoms with Crippen LogP contribution in [0.25, 0.3) is 0 Å². The number of anilines is 1. The molecule has 1 aliphatic heterocycles. The van der Waals surface area contributed by atoms with Crippen molar-refractivity contribution in [3.63, 3.8) is 0 Å². The monoisotopic (exact) mass is 290 g/mol. The molecule has 0 aromatic heterocycles. The number of hydrogen-bond acceptors (Lipinski definition) is 4. The highest BCUT2D eigenvalue weighted by atomic mass is 16.5. The van der Waals surface area contributed by atoms with Gasteiger partial charge in [-0.2, -0.15) is 0 Å². The molecule has 4 heteroatoms. The SMILES string of the molecule is O[C@@H]1CCCC[C@@H]1NCc1ccc(N2CCOCC2)cc1. The number of ether oxygens (including phenoxy) is 1. The Labute approximate surface area is 127 Å². The number of nitrogens with zero attached hydrogens (tertiary/aromatic N) is 1. The largest absolute Gasteiger partial charge is 0.392 e. The number of benzene rings is 1. The van der Waals surface area contributed by atoms with E-state index >= 15 is 0 Å². The van der Waals surface area contributed by atoms with Gasteiger partial charge in [0.05, 0.1) is 19.3 Å². The summed E-state index contributed by atoms with van der Waals surface area (Å²) in [7, 11) is 0. The quantitative estimate of drug-likeness (QED) is 0.889. The van der Waals surface area contributed by atoms with Crippen molar-refractivity contribution in [2.75, 3.05) is 31.2 Å². The zero-order valence-corrected chi connectivity index (χ0v) is 12.6. The molecule has 0 radical (unpaired) electrons. The van der Waals surface area contributed by atoms with Crippen LogP contribution in [-0.4, -0.2) is 43.6 Å². The number of rotatable bonds is 4. The first kappa shape index (κ1) is 14.8. The Morgan fingerprint density at radius 2 is 1.81 bits per heavy atom. The maximum atomic E-state index is 9.98. The zero-order valence-electron chi connectivity index (χ0n) is 12.6. The molecule has 4 nitrogen and oxygen atoms in total. The molecule has 2 fully saturated rings. The van der Waals surface area contributed by atoms with Gasteiger partial charge in [-0.1, -0.05) is 25.0 Å². The molecule has 1 saturated heterocycles. The Bertz CT molecular complexity index is 429. The van der Waals surface area contributed by atoms with Crippen LogP contribution in [0.5, 0.6) is 0 Å². The second-order valence-electron chi connectivity index (χ2n) is 6.11. The van der Waals surface area contributed by atoms with Gasteiger partial charge in [-0.05, 0) is 30.5 Å². The van der Waals surface area contributed by atoms with Gasteiger partial charge in [-0.25, -0.2) is 0 Å². The van der Waals surface area contributed by atoms with E-state index in [9.17, 15) is 5.11 Å². The van der Waals surface area contributed by atoms with Gasteiger partial charge in [0, 0.05) is 31.4 Å². The smallest absolute Gasteiger partial charge is 0.0693 e. The Kier molecular flexibility index (Phi) is 5.12. The first-order valence-corrected chi connectivity index (χ1v) is 8.16. The van der Waals surface area contributed by atoms with Crippen LogP contribution in [0.15, 0.2) is 24.3 Å². The molecule has 0 amide bonds. The summed E-state index contributed by atoms with van der Waals surface area (Å²) in [5.41, 5.74) is 2.56. The average molecular weight is 290 g/mol. The van der Waals surface area contributed by atoms with Gasteiger partial charge in [0.1, 0.15) is 0 Å². The van der Waals surface area contributed by atoms with Gasteiger partial charge in [-0.15, -0.1) is 0 Å². The van der Waals surface area contributed by atoms with Gasteiger partial charge in [0.25, 0.3) is 0 Å². The fourth-order valence-electron chi connectivity index (χ4n) is 3.24. The predicted molar refractivity (Wildman–Crippen MR) is 84.6 cm³/mol. The molecule has 1 aromatic carbocycles. The first-order valence-electron chi connectivity index (χ1n) is 8.16. The summed E-state index contributed by atoms with van der Waals surface area (Å²) in [4.78, 5) is 2.37. The lowest BCUT2D eigenvalue weighted by atomic mass is 9.92. The summed E-state index contributed by atoms with van der Waals surface area (Å²) in [6.07, 6.45) is 4.24. The minimum Gasteiger partial charge on any atom is -0.392 e. The van der Waals surface area contributed by atoms with Crippen LogP contribution in [0.4, 0.5) is 5.69 Å². The van der Waals surface area contributed by atoms with Crippen LogP contribution in [0.3, 0.4) is 0 Å². The highest BCUT2D eigenvalue weighted by molar-refractivity contribution is 5.47. The van der Waals surface area contributed by atoms with E-state index in [0.717, 1.165) is 52.1 Å². The van der Waals surface area contributed by atoms with Gasteiger partial charge in [0.15, 0.2) is 0 Å². The van der Waals surface area contributed by atoms with E-state index in [1.165, 1.54) is 17.7 Å². The summed E-state index contributed by atoms with van der Waals surface area (Å²) in [6.45, 7) is 4.44. The second-order valence-corrected chi connectivity index (χ2v) is 6.11. The van der Waals surface area contributed by atoms with E-state index in [4.69, 9.17) is 4.74 Å². The molecule has 21 heavy (non-hydrogen) atoms. The molecular weight excluding hydrogens is 264 g/mol. The van der Waals surface area contributed by atoms with Crippen molar-refractivity contribution in [1.82, 2.24) is 5.32 Å². The lowest BCUT2D eigenvalue weighted by molar-refractivity contribution is 0.0902. The Hall–Kier alpha value is -1.10. The maximum absolute atomic E-state index is 9.98. The molecule has 1 aromatic rings. The van der Waals surface area contributed by atoms with Crippen LogP contribution in [0.2, 0.25) is 0 Å². The fourth-order valence-corrected chi connectivity index (χ4v) is 3.24. The Balaban J connectivity index is 1.52. The summed E-state index contributed by atoms with van der Waals surface area (Å²) in [5, 5.41) is 13.5. The van der Waals surface area contributed by atoms with Gasteiger partial charge < -0.3 is 20.1 Å². The van der Waals surface area contributed by atoms with Crippen molar-refractivity contribution in [3.05, 3.63) is 29.8 Å². The van der Waals surface area contributed by atoms with Crippen molar-refractivity contribution in [3.8, 4) is 0 Å². The highest BCUT2D eigenvalue weighted by Gasteiger charge is 2.22. The molecule has 3 rings (SSSR count). The first-order chi connectivity index (χ1) is 10.3. The third-order valence-electron chi connectivity index (χ3n) is 4.61. The highest BCUT2D eigenvalue weighted by Crippen LogP contribution is 2.20. The lowest BCUT2D eigenvalue weighted by Crippen LogP contribution is -2.41. The van der Waals surface area contributed by atoms with E-state index in [-0.39, 0.29) is 12.1 Å². The fraction of sp³-hybridized carbons (Fsp3) is 0.647. The van der Waals surface area contributed by atoms with E-state index in [1.807, 2.05) is 0 Å². The van der Waals surface area contributed by atoms with Crippen LogP contribution in [-0.2, 0) is 11.3 Å². The van der Waals surface area contributed by atoms with Crippen molar-refractivity contribution in [1.29, 1.82) is 0 Å². The molecule has 2 N–H and O–H groups in total. The number of morpholine rings is 1. The van der Waals surface area contributed by atoms with Crippen LogP contribution in [0.1, 0.15) is 31.2 Å². The van der Waals surface area contributed by atoms with Crippen molar-refractivity contribution in [2.24, 2.45) is 0 Å². The Morgan fingerprint density at radius 3 is 2.52 bits per heavy atom. The van der Waals surface area contributed by atoms with E-state index in [1.54, 1.807) is 0 Å². The van der Waals surface area contributed by atoms with E-state index < -0.39 is 0 Å². The summed E-state index contributed by atoms with van der Waals surface area (Å²) in [6, 6.07) is 9.02. The molecule has 2 aliphatic rings. The molecular formula is C17H26N2O2. The van der Waals surface area contributed by atoms with Crippen molar-refractivity contribution >= 4 is 5.69 Å². The number of hydrogen-bond donors (Lipinski definition) is 2. The van der Waals surface area contributed by atoms with Gasteiger partial charge in [-0.3, -0.25) is 0 Å². The van der Waals surface area contributed by atoms with Crippen molar-refractivity contribution < 1.29 is 9.84 Å². The molecule has 116 valence electrons. The van der Waals surface area contributed by atoms with Crippen LogP contribution < -0.4 is 10.2 Å². The average Bonchev–Trinajstić information content (AvgIpc) is 2.55. The lowest BCUT2D eigenvalue weighted by Gasteiger charge is -2.29. The summed E-state index contributed by atoms with van der Waals surface area (Å²) >= 11 is 0. The minimum atomic E-state index is -0.175. The molecule has 0 unspecified atom stereocenters. The predicted octanol–water partition coefficient (Wildman–Crippen LogP) is 1.92. The van der Waals surface area contributed by atoms with Gasteiger partial charge >= 0.3 is 0 Å². The van der Waals surface area contributed by atoms with Crippen LogP contribution in [0, 0.1) is 0 Å². The van der Waals surface area contributed by atoms with E-state index in [0.29, 0.717) is 0 Å². The molecule has 1 aliphatic carbocycles. The molecule has 1 saturated carbocycles. The maximum Gasteiger partial charge on any atom is 0.0693 e. The summed E-state index contributed by atoms with van der Waals surface area (Å²) < 4.78 is 5.39. The molecule has 0 spiro atoms. The number of nitrogens with one attached hydrogen (secondary N) is 1. The third kappa shape index (κ3) is 3.96. The van der Waals surface area contributed by atoms with E-state index in [2.05, 4.69) is 34.5 Å². The second kappa shape index (κ2) is 7.25. The Morgan fingerprint density at radius 1 is 1.10 bits per heavy atom. The van der Waals surface area contributed by atoms with Crippen molar-refractivity contribution in [2.45, 2.75) is 44.4 Å². The summed E-state index contributed by atoms with van der Waals surface area (Å²) in [5.74, 6) is 0. The minimum absolute atomic E-state index is 0.175. The molecule has 0 bridgehead atoms. The molecule has 1 heterocycles. The number of aliphatic hydroxyl groups is 1. The third-order valence-corrected chi connectivity index (χ3v) is 4.61. The topological polar surface area (TPSA) is 44.7 Å². The van der Waals surface area contributed by atoms with Gasteiger partial charge in [0.2, 0.25) is 0 Å².